The van der Waals surface area contributed by atoms with Crippen LogP contribution in [0.4, 0.5) is 5.69 Å². The highest BCUT2D eigenvalue weighted by Crippen LogP contribution is 2.32. The topological polar surface area (TPSA) is 67.9 Å². The number of rotatable bonds is 4. The summed E-state index contributed by atoms with van der Waals surface area (Å²) in [5.41, 5.74) is 1.64. The minimum absolute atomic E-state index is 0.209. The van der Waals surface area contributed by atoms with Gasteiger partial charge in [-0.25, -0.2) is 4.90 Å². The van der Waals surface area contributed by atoms with Gasteiger partial charge in [0.15, 0.2) is 11.5 Å². The first-order valence-corrected chi connectivity index (χ1v) is 7.98. The molecule has 0 radical (unpaired) electrons. The van der Waals surface area contributed by atoms with Gasteiger partial charge in [-0.2, -0.15) is 0 Å². The van der Waals surface area contributed by atoms with Gasteiger partial charge in [-0.3, -0.25) is 9.59 Å². The molecule has 6 nitrogen and oxygen atoms in total. The summed E-state index contributed by atoms with van der Waals surface area (Å²) < 4.78 is 10.6. The van der Waals surface area contributed by atoms with Crippen molar-refractivity contribution in [3.05, 3.63) is 64.8 Å². The Morgan fingerprint density at radius 1 is 1.04 bits per heavy atom. The van der Waals surface area contributed by atoms with Crippen LogP contribution in [-0.4, -0.2) is 18.6 Å². The Bertz CT molecular complexity index is 892. The van der Waals surface area contributed by atoms with Gasteiger partial charge in [0.25, 0.3) is 11.8 Å². The quantitative estimate of drug-likeness (QED) is 0.853. The van der Waals surface area contributed by atoms with Crippen molar-refractivity contribution >= 4 is 29.1 Å². The fraction of sp³-hybridized carbons (Fsp3) is 0.111. The minimum atomic E-state index is -0.395. The third kappa shape index (κ3) is 2.92. The molecule has 0 saturated carbocycles. The summed E-state index contributed by atoms with van der Waals surface area (Å²) in [4.78, 5) is 25.8. The van der Waals surface area contributed by atoms with Gasteiger partial charge in [0.05, 0.1) is 5.69 Å². The maximum atomic E-state index is 12.5. The van der Waals surface area contributed by atoms with Gasteiger partial charge in [0, 0.05) is 17.6 Å². The predicted octanol–water partition coefficient (Wildman–Crippen LogP) is 2.62. The van der Waals surface area contributed by atoms with Gasteiger partial charge < -0.3 is 14.8 Å². The molecule has 2 amide bonds. The molecule has 7 heteroatoms. The van der Waals surface area contributed by atoms with Crippen molar-refractivity contribution in [3.63, 3.8) is 0 Å². The molecule has 2 heterocycles. The Balaban J connectivity index is 1.46. The van der Waals surface area contributed by atoms with Crippen molar-refractivity contribution < 1.29 is 19.1 Å². The lowest BCUT2D eigenvalue weighted by Crippen LogP contribution is -2.33. The molecule has 0 spiro atoms. The number of carbonyl (C=O) groups excluding carboxylic acids is 2. The summed E-state index contributed by atoms with van der Waals surface area (Å²) in [7, 11) is 0. The zero-order valence-electron chi connectivity index (χ0n) is 13.0. The van der Waals surface area contributed by atoms with Crippen LogP contribution in [0.2, 0.25) is 5.02 Å². The van der Waals surface area contributed by atoms with Gasteiger partial charge in [-0.05, 0) is 42.0 Å². The third-order valence-corrected chi connectivity index (χ3v) is 4.18. The number of halogens is 1. The number of ether oxygens (including phenoxy) is 2. The fourth-order valence-electron chi connectivity index (χ4n) is 2.68. The van der Waals surface area contributed by atoms with E-state index in [1.54, 1.807) is 24.3 Å². The Labute approximate surface area is 148 Å². The summed E-state index contributed by atoms with van der Waals surface area (Å²) in [6.07, 6.45) is 1.30. The highest BCUT2D eigenvalue weighted by Gasteiger charge is 2.32. The summed E-state index contributed by atoms with van der Waals surface area (Å²) in [6.45, 7) is 0.594. The monoisotopic (exact) mass is 356 g/mol. The second-order valence-electron chi connectivity index (χ2n) is 5.55. The van der Waals surface area contributed by atoms with Crippen LogP contribution in [0.1, 0.15) is 5.56 Å². The Hall–Kier alpha value is -2.99. The first-order chi connectivity index (χ1) is 12.1. The van der Waals surface area contributed by atoms with Gasteiger partial charge in [0.2, 0.25) is 6.79 Å². The van der Waals surface area contributed by atoms with Crippen molar-refractivity contribution in [2.45, 2.75) is 6.54 Å². The lowest BCUT2D eigenvalue weighted by atomic mass is 10.2. The zero-order chi connectivity index (χ0) is 17.4. The summed E-state index contributed by atoms with van der Waals surface area (Å²) in [5, 5.41) is 3.55. The van der Waals surface area contributed by atoms with E-state index in [1.165, 1.54) is 6.08 Å². The molecule has 0 bridgehead atoms. The van der Waals surface area contributed by atoms with E-state index in [1.807, 2.05) is 18.2 Å². The molecule has 4 rings (SSSR count). The van der Waals surface area contributed by atoms with E-state index in [0.29, 0.717) is 28.8 Å². The number of amides is 2. The van der Waals surface area contributed by atoms with E-state index in [9.17, 15) is 9.59 Å². The van der Waals surface area contributed by atoms with Crippen molar-refractivity contribution in [3.8, 4) is 11.5 Å². The number of imide groups is 1. The van der Waals surface area contributed by atoms with E-state index >= 15 is 0 Å². The SMILES string of the molecule is O=C1C=C(NCc2ccc3c(c2)OCO3)C(=O)N1c1ccc(Cl)cc1. The smallest absolute Gasteiger partial charge is 0.281 e. The fourth-order valence-corrected chi connectivity index (χ4v) is 2.81. The van der Waals surface area contributed by atoms with Crippen molar-refractivity contribution in [1.29, 1.82) is 0 Å². The molecular weight excluding hydrogens is 344 g/mol. The molecule has 2 aromatic carbocycles. The van der Waals surface area contributed by atoms with Crippen molar-refractivity contribution in [2.24, 2.45) is 0 Å². The Morgan fingerprint density at radius 3 is 2.60 bits per heavy atom. The van der Waals surface area contributed by atoms with Crippen molar-refractivity contribution in [1.82, 2.24) is 5.32 Å². The summed E-state index contributed by atoms with van der Waals surface area (Å²) in [6, 6.07) is 12.1. The highest BCUT2D eigenvalue weighted by molar-refractivity contribution is 6.32. The van der Waals surface area contributed by atoms with Crippen LogP contribution in [0.15, 0.2) is 54.2 Å². The second kappa shape index (κ2) is 6.14. The van der Waals surface area contributed by atoms with Crippen LogP contribution in [-0.2, 0) is 16.1 Å². The first kappa shape index (κ1) is 15.5. The third-order valence-electron chi connectivity index (χ3n) is 3.93. The molecular formula is C18H13ClN2O4. The van der Waals surface area contributed by atoms with Crippen LogP contribution < -0.4 is 19.7 Å². The number of hydrogen-bond acceptors (Lipinski definition) is 5. The molecule has 126 valence electrons. The lowest BCUT2D eigenvalue weighted by Gasteiger charge is -2.15. The Kier molecular flexibility index (Phi) is 3.82. The van der Waals surface area contributed by atoms with Gasteiger partial charge >= 0.3 is 0 Å². The molecule has 1 N–H and O–H groups in total. The molecule has 2 aliphatic heterocycles. The van der Waals surface area contributed by atoms with E-state index in [0.717, 1.165) is 10.5 Å². The number of benzene rings is 2. The number of nitrogens with one attached hydrogen (secondary N) is 1. The lowest BCUT2D eigenvalue weighted by molar-refractivity contribution is -0.120. The molecule has 0 unspecified atom stereocenters. The van der Waals surface area contributed by atoms with E-state index in [2.05, 4.69) is 5.32 Å². The number of carbonyl (C=O) groups is 2. The number of anilines is 1. The maximum absolute atomic E-state index is 12.5. The molecule has 0 atom stereocenters. The normalized spacial score (nSPS) is 15.6. The van der Waals surface area contributed by atoms with Gasteiger partial charge in [-0.15, -0.1) is 0 Å². The number of nitrogens with zero attached hydrogens (tertiary/aromatic N) is 1. The highest BCUT2D eigenvalue weighted by atomic mass is 35.5. The minimum Gasteiger partial charge on any atom is -0.454 e. The second-order valence-corrected chi connectivity index (χ2v) is 5.99. The van der Waals surface area contributed by atoms with Gasteiger partial charge in [-0.1, -0.05) is 17.7 Å². The van der Waals surface area contributed by atoms with Crippen LogP contribution in [0.25, 0.3) is 0 Å². The standard InChI is InChI=1S/C18H13ClN2O4/c19-12-2-4-13(5-3-12)21-17(22)8-14(18(21)23)20-9-11-1-6-15-16(7-11)25-10-24-15/h1-8,20H,9-10H2. The Morgan fingerprint density at radius 2 is 1.80 bits per heavy atom. The first-order valence-electron chi connectivity index (χ1n) is 7.60. The molecule has 0 aliphatic carbocycles. The average molecular weight is 357 g/mol. The summed E-state index contributed by atoms with van der Waals surface area (Å²) in [5.74, 6) is 0.586. The van der Waals surface area contributed by atoms with Gasteiger partial charge in [0.1, 0.15) is 5.70 Å². The molecule has 2 aliphatic rings. The van der Waals surface area contributed by atoms with E-state index in [4.69, 9.17) is 21.1 Å². The molecule has 2 aromatic rings. The average Bonchev–Trinajstić information content (AvgIpc) is 3.18. The number of fused-ring (bicyclic) bond motifs is 1. The van der Waals surface area contributed by atoms with Crippen LogP contribution in [0.5, 0.6) is 11.5 Å². The molecule has 0 aromatic heterocycles. The van der Waals surface area contributed by atoms with E-state index < -0.39 is 5.91 Å². The largest absolute Gasteiger partial charge is 0.454 e. The zero-order valence-corrected chi connectivity index (χ0v) is 13.7. The maximum Gasteiger partial charge on any atom is 0.281 e. The predicted molar refractivity (Wildman–Crippen MR) is 91.4 cm³/mol. The molecule has 25 heavy (non-hydrogen) atoms. The molecule has 0 saturated heterocycles. The van der Waals surface area contributed by atoms with Crippen LogP contribution in [0.3, 0.4) is 0 Å². The van der Waals surface area contributed by atoms with Crippen molar-refractivity contribution in [2.75, 3.05) is 11.7 Å². The molecule has 0 fully saturated rings. The van der Waals surface area contributed by atoms with E-state index in [-0.39, 0.29) is 18.4 Å². The summed E-state index contributed by atoms with van der Waals surface area (Å²) >= 11 is 5.84. The van der Waals surface area contributed by atoms with Crippen LogP contribution in [0, 0.1) is 0 Å². The number of hydrogen-bond donors (Lipinski definition) is 1. The van der Waals surface area contributed by atoms with Crippen LogP contribution >= 0.6 is 11.6 Å².